The molecule has 10 aromatic rings. The van der Waals surface area contributed by atoms with Crippen LogP contribution in [0.25, 0.3) is 93.8 Å². The number of nitrogens with zero attached hydrogens (tertiary/aromatic N) is 4. The summed E-state index contributed by atoms with van der Waals surface area (Å²) in [7, 11) is 0. The van der Waals surface area contributed by atoms with Gasteiger partial charge in [-0.05, 0) is 97.4 Å². The third-order valence-corrected chi connectivity index (χ3v) is 9.99. The molecule has 0 bridgehead atoms. The molecule has 0 aliphatic heterocycles. The highest BCUT2D eigenvalue weighted by Gasteiger charge is 2.18. The van der Waals surface area contributed by atoms with Crippen LogP contribution in [0, 0.1) is 0 Å². The normalized spacial score (nSPS) is 11.5. The van der Waals surface area contributed by atoms with Crippen molar-refractivity contribution in [3.05, 3.63) is 183 Å². The van der Waals surface area contributed by atoms with Crippen molar-refractivity contribution in [1.29, 1.82) is 0 Å². The Balaban J connectivity index is 1.11. The lowest BCUT2D eigenvalue weighted by atomic mass is 9.85. The summed E-state index contributed by atoms with van der Waals surface area (Å²) < 4.78 is 2.18. The second-order valence-electron chi connectivity index (χ2n) is 12.9. The van der Waals surface area contributed by atoms with E-state index < -0.39 is 0 Å². The van der Waals surface area contributed by atoms with Crippen LogP contribution in [0.3, 0.4) is 0 Å². The maximum atomic E-state index is 4.95. The second-order valence-corrected chi connectivity index (χ2v) is 12.9. The first-order valence-corrected chi connectivity index (χ1v) is 17.2. The van der Waals surface area contributed by atoms with E-state index >= 15 is 0 Å². The lowest BCUT2D eigenvalue weighted by molar-refractivity contribution is 1.07. The van der Waals surface area contributed by atoms with Gasteiger partial charge in [-0.15, -0.1) is 0 Å². The fourth-order valence-electron chi connectivity index (χ4n) is 7.69. The molecule has 0 spiro atoms. The number of aromatic nitrogens is 4. The minimum atomic E-state index is 0.846. The van der Waals surface area contributed by atoms with E-state index in [4.69, 9.17) is 9.97 Å². The van der Waals surface area contributed by atoms with Gasteiger partial charge in [0.05, 0.1) is 22.9 Å². The van der Waals surface area contributed by atoms with Crippen LogP contribution < -0.4 is 0 Å². The monoisotopic (exact) mass is 650 g/mol. The molecule has 0 radical (unpaired) electrons. The minimum Gasteiger partial charge on any atom is -0.292 e. The smallest absolute Gasteiger partial charge is 0.137 e. The molecule has 6 aromatic carbocycles. The van der Waals surface area contributed by atoms with Crippen molar-refractivity contribution in [2.75, 3.05) is 0 Å². The maximum Gasteiger partial charge on any atom is 0.137 e. The number of fused-ring (bicyclic) bond motifs is 5. The maximum absolute atomic E-state index is 4.95. The summed E-state index contributed by atoms with van der Waals surface area (Å²) in [5, 5.41) is 7.30. The Morgan fingerprint density at radius 1 is 0.353 bits per heavy atom. The van der Waals surface area contributed by atoms with Crippen LogP contribution in [0.15, 0.2) is 183 Å². The summed E-state index contributed by atoms with van der Waals surface area (Å²) in [6, 6.07) is 56.1. The lowest BCUT2D eigenvalue weighted by Crippen LogP contribution is -1.97. The Labute approximate surface area is 295 Å². The summed E-state index contributed by atoms with van der Waals surface area (Å²) in [4.78, 5) is 14.2. The number of hydrogen-bond acceptors (Lipinski definition) is 3. The average molecular weight is 651 g/mol. The highest BCUT2D eigenvalue weighted by Crippen LogP contribution is 2.45. The van der Waals surface area contributed by atoms with Crippen LogP contribution in [-0.2, 0) is 0 Å². The zero-order chi connectivity index (χ0) is 33.7. The molecule has 4 heterocycles. The number of rotatable bonds is 5. The van der Waals surface area contributed by atoms with E-state index in [1.807, 2.05) is 24.8 Å². The fourth-order valence-corrected chi connectivity index (χ4v) is 7.69. The number of pyridine rings is 3. The predicted molar refractivity (Wildman–Crippen MR) is 211 cm³/mol. The Morgan fingerprint density at radius 2 is 0.961 bits per heavy atom. The van der Waals surface area contributed by atoms with Crippen LogP contribution in [0.5, 0.6) is 0 Å². The van der Waals surface area contributed by atoms with E-state index in [-0.39, 0.29) is 0 Å². The van der Waals surface area contributed by atoms with Gasteiger partial charge >= 0.3 is 0 Å². The molecule has 0 aliphatic rings. The number of para-hydroxylation sites is 1. The second kappa shape index (κ2) is 11.9. The van der Waals surface area contributed by atoms with Gasteiger partial charge in [0.15, 0.2) is 0 Å². The van der Waals surface area contributed by atoms with E-state index in [9.17, 15) is 0 Å². The Hall–Kier alpha value is -6.91. The molecule has 10 rings (SSSR count). The van der Waals surface area contributed by atoms with Gasteiger partial charge in [-0.25, -0.2) is 4.98 Å². The van der Waals surface area contributed by atoms with Gasteiger partial charge < -0.3 is 0 Å². The van der Waals surface area contributed by atoms with Crippen LogP contribution >= 0.6 is 0 Å². The van der Waals surface area contributed by atoms with Gasteiger partial charge in [-0.2, -0.15) is 0 Å². The van der Waals surface area contributed by atoms with E-state index in [0.29, 0.717) is 0 Å². The Morgan fingerprint density at radius 3 is 1.69 bits per heavy atom. The van der Waals surface area contributed by atoms with Crippen LogP contribution in [0.4, 0.5) is 0 Å². The van der Waals surface area contributed by atoms with Gasteiger partial charge in [0.25, 0.3) is 0 Å². The molecule has 4 aromatic heterocycles. The van der Waals surface area contributed by atoms with Gasteiger partial charge in [-0.1, -0.05) is 115 Å². The van der Waals surface area contributed by atoms with Gasteiger partial charge in [0.2, 0.25) is 0 Å². The molecule has 0 saturated heterocycles. The Kier molecular flexibility index (Phi) is 6.78. The number of benzene rings is 6. The van der Waals surface area contributed by atoms with Crippen molar-refractivity contribution in [3.63, 3.8) is 0 Å². The van der Waals surface area contributed by atoms with Gasteiger partial charge in [0, 0.05) is 34.9 Å². The molecule has 0 atom stereocenters. The fraction of sp³-hybridized carbons (Fsp3) is 0. The molecule has 0 saturated carbocycles. The van der Waals surface area contributed by atoms with Crippen LogP contribution in [0.2, 0.25) is 0 Å². The third kappa shape index (κ3) is 4.80. The van der Waals surface area contributed by atoms with Crippen molar-refractivity contribution in [1.82, 2.24) is 19.5 Å². The summed E-state index contributed by atoms with van der Waals surface area (Å²) >= 11 is 0. The topological polar surface area (TPSA) is 43.6 Å². The number of hydrogen-bond donors (Lipinski definition) is 0. The van der Waals surface area contributed by atoms with Gasteiger partial charge in [0.1, 0.15) is 5.82 Å². The molecule has 4 nitrogen and oxygen atoms in total. The molecular formula is C47H30N4. The van der Waals surface area contributed by atoms with E-state index in [1.165, 1.54) is 49.2 Å². The first-order valence-electron chi connectivity index (χ1n) is 17.2. The predicted octanol–water partition coefficient (Wildman–Crippen LogP) is 11.9. The van der Waals surface area contributed by atoms with Crippen molar-refractivity contribution in [2.24, 2.45) is 0 Å². The molecule has 238 valence electrons. The van der Waals surface area contributed by atoms with Crippen molar-refractivity contribution >= 4 is 43.4 Å². The Bertz CT molecular complexity index is 2840. The molecule has 0 N–H and O–H groups in total. The van der Waals surface area contributed by atoms with E-state index in [1.54, 1.807) is 0 Å². The first-order chi connectivity index (χ1) is 25.3. The molecule has 0 unspecified atom stereocenters. The average Bonchev–Trinajstić information content (AvgIpc) is 3.55. The lowest BCUT2D eigenvalue weighted by Gasteiger charge is -2.18. The summed E-state index contributed by atoms with van der Waals surface area (Å²) in [5.41, 5.74) is 11.1. The van der Waals surface area contributed by atoms with Crippen LogP contribution in [0.1, 0.15) is 0 Å². The highest BCUT2D eigenvalue weighted by molar-refractivity contribution is 6.22. The summed E-state index contributed by atoms with van der Waals surface area (Å²) in [6.07, 6.45) is 7.57. The highest BCUT2D eigenvalue weighted by atomic mass is 15.1. The van der Waals surface area contributed by atoms with Crippen molar-refractivity contribution in [2.45, 2.75) is 0 Å². The molecule has 0 amide bonds. The van der Waals surface area contributed by atoms with Crippen molar-refractivity contribution in [3.8, 4) is 50.5 Å². The molecule has 0 aliphatic carbocycles. The van der Waals surface area contributed by atoms with E-state index in [2.05, 4.69) is 167 Å². The standard InChI is InChI=1S/C47H30N4/c1-3-11-31(12-4-1)46-38-16-7-8-17-39(38)47(32-13-5-2-6-14-32)41-27-33(19-21-40(41)46)34-23-26-49-42(28-34)35-20-22-45(50-29-35)51-43-18-10-9-15-36(43)37-24-25-48-30-44(37)51/h1-30H. The SMILES string of the molecule is c1ccc(-c2c3ccccc3c(-c3ccccc3)c3cc(-c4ccnc(-c5ccc(-n6c7ccccc7c7ccncc76)nc5)c4)ccc23)cc1. The summed E-state index contributed by atoms with van der Waals surface area (Å²) in [6.45, 7) is 0. The van der Waals surface area contributed by atoms with Crippen molar-refractivity contribution < 1.29 is 0 Å². The zero-order valence-electron chi connectivity index (χ0n) is 27.6. The van der Waals surface area contributed by atoms with Gasteiger partial charge in [-0.3, -0.25) is 14.5 Å². The van der Waals surface area contributed by atoms with Crippen LogP contribution in [-0.4, -0.2) is 19.5 Å². The van der Waals surface area contributed by atoms with E-state index in [0.717, 1.165) is 44.6 Å². The zero-order valence-corrected chi connectivity index (χ0v) is 27.6. The summed E-state index contributed by atoms with van der Waals surface area (Å²) in [5.74, 6) is 0.846. The largest absolute Gasteiger partial charge is 0.292 e. The molecule has 0 fully saturated rings. The molecule has 4 heteroatoms. The quantitative estimate of drug-likeness (QED) is 0.174. The molecular weight excluding hydrogens is 621 g/mol. The first kappa shape index (κ1) is 29.0. The minimum absolute atomic E-state index is 0.846. The third-order valence-electron chi connectivity index (χ3n) is 9.99. The molecule has 51 heavy (non-hydrogen) atoms.